The first kappa shape index (κ1) is 15.0. The van der Waals surface area contributed by atoms with Crippen LogP contribution in [-0.2, 0) is 0 Å². The van der Waals surface area contributed by atoms with Crippen molar-refractivity contribution in [3.05, 3.63) is 75.8 Å². The van der Waals surface area contributed by atoms with Gasteiger partial charge in [-0.1, -0.05) is 62.2 Å². The lowest BCUT2D eigenvalue weighted by atomic mass is 10.0. The molecule has 120 valence electrons. The monoisotopic (exact) mass is 451 g/mol. The average molecular weight is 453 g/mol. The quantitative estimate of drug-likeness (QED) is 0.302. The second-order valence-corrected chi connectivity index (χ2v) is 7.71. The molecule has 5 heteroatoms. The van der Waals surface area contributed by atoms with E-state index >= 15 is 0 Å². The van der Waals surface area contributed by atoms with Crippen LogP contribution in [0, 0.1) is 0 Å². The van der Waals surface area contributed by atoms with Gasteiger partial charge in [0.2, 0.25) is 0 Å². The molecule has 0 aliphatic heterocycles. The third-order valence-electron chi connectivity index (χ3n) is 4.30. The Kier molecular flexibility index (Phi) is 3.40. The maximum absolute atomic E-state index is 5.00. The van der Waals surface area contributed by atoms with Gasteiger partial charge in [0, 0.05) is 31.5 Å². The Morgan fingerprint density at radius 2 is 1.48 bits per heavy atom. The molecule has 0 aliphatic rings. The number of aromatic nitrogens is 3. The molecular formula is C20H11Br2N3. The highest BCUT2D eigenvalue weighted by molar-refractivity contribution is 9.11. The Hall–Kier alpha value is -2.24. The largest absolute Gasteiger partial charge is 0.284 e. The van der Waals surface area contributed by atoms with Crippen LogP contribution in [0.2, 0.25) is 0 Å². The molecule has 0 saturated carbocycles. The number of pyridine rings is 2. The van der Waals surface area contributed by atoms with Gasteiger partial charge in [-0.2, -0.15) is 0 Å². The highest BCUT2D eigenvalue weighted by Gasteiger charge is 2.15. The Balaban J connectivity index is 1.99. The van der Waals surface area contributed by atoms with Crippen LogP contribution in [0.3, 0.4) is 0 Å². The van der Waals surface area contributed by atoms with Crippen LogP contribution in [0.5, 0.6) is 0 Å². The van der Waals surface area contributed by atoms with Gasteiger partial charge in [0.25, 0.3) is 0 Å². The van der Waals surface area contributed by atoms with Crippen LogP contribution in [0.4, 0.5) is 0 Å². The highest BCUT2D eigenvalue weighted by atomic mass is 79.9. The van der Waals surface area contributed by atoms with Crippen LogP contribution >= 0.6 is 31.9 Å². The summed E-state index contributed by atoms with van der Waals surface area (Å²) in [4.78, 5) is 9.80. The van der Waals surface area contributed by atoms with Gasteiger partial charge in [-0.15, -0.1) is 0 Å². The van der Waals surface area contributed by atoms with E-state index in [0.717, 1.165) is 47.8 Å². The number of fused-ring (bicyclic) bond motifs is 5. The lowest BCUT2D eigenvalue weighted by Crippen LogP contribution is -1.91. The van der Waals surface area contributed by atoms with E-state index in [2.05, 4.69) is 56.1 Å². The van der Waals surface area contributed by atoms with Crippen LogP contribution < -0.4 is 0 Å². The molecule has 2 aromatic carbocycles. The summed E-state index contributed by atoms with van der Waals surface area (Å²) in [6, 6.07) is 20.5. The van der Waals surface area contributed by atoms with E-state index in [0.29, 0.717) is 0 Å². The van der Waals surface area contributed by atoms with Crippen molar-refractivity contribution in [3.8, 4) is 11.3 Å². The van der Waals surface area contributed by atoms with Gasteiger partial charge in [-0.25, -0.2) is 9.97 Å². The van der Waals surface area contributed by atoms with Crippen molar-refractivity contribution in [2.24, 2.45) is 0 Å². The average Bonchev–Trinajstić information content (AvgIpc) is 2.99. The Morgan fingerprint density at radius 1 is 0.760 bits per heavy atom. The lowest BCUT2D eigenvalue weighted by Gasteiger charge is -2.08. The molecule has 5 aromatic rings. The maximum atomic E-state index is 5.00. The minimum Gasteiger partial charge on any atom is -0.284 e. The summed E-state index contributed by atoms with van der Waals surface area (Å²) < 4.78 is 4.07. The number of imidazole rings is 1. The zero-order valence-corrected chi connectivity index (χ0v) is 16.1. The van der Waals surface area contributed by atoms with E-state index in [9.17, 15) is 0 Å². The molecule has 3 nitrogen and oxygen atoms in total. The molecule has 3 aromatic heterocycles. The molecule has 0 atom stereocenters. The van der Waals surface area contributed by atoms with Crippen molar-refractivity contribution in [1.82, 2.24) is 14.4 Å². The van der Waals surface area contributed by atoms with Gasteiger partial charge >= 0.3 is 0 Å². The van der Waals surface area contributed by atoms with Crippen molar-refractivity contribution in [3.63, 3.8) is 0 Å². The van der Waals surface area contributed by atoms with E-state index in [1.165, 1.54) is 0 Å². The molecule has 0 unspecified atom stereocenters. The maximum Gasteiger partial charge on any atom is 0.165 e. The van der Waals surface area contributed by atoms with Gasteiger partial charge in [0.05, 0.1) is 5.69 Å². The number of rotatable bonds is 1. The predicted molar refractivity (Wildman–Crippen MR) is 109 cm³/mol. The van der Waals surface area contributed by atoms with Gasteiger partial charge < -0.3 is 0 Å². The van der Waals surface area contributed by atoms with E-state index in [1.807, 2.05) is 47.0 Å². The summed E-state index contributed by atoms with van der Waals surface area (Å²) in [6.07, 6.45) is 2.01. The van der Waals surface area contributed by atoms with E-state index < -0.39 is 0 Å². The summed E-state index contributed by atoms with van der Waals surface area (Å²) >= 11 is 7.16. The van der Waals surface area contributed by atoms with Crippen LogP contribution in [0.15, 0.2) is 75.8 Å². The molecule has 0 N–H and O–H groups in total. The number of nitrogens with zero attached hydrogens (tertiary/aromatic N) is 3. The Morgan fingerprint density at radius 3 is 2.28 bits per heavy atom. The first-order chi connectivity index (χ1) is 12.2. The molecule has 5 rings (SSSR count). The molecule has 0 spiro atoms. The fourth-order valence-corrected chi connectivity index (χ4v) is 4.54. The van der Waals surface area contributed by atoms with Crippen LogP contribution in [0.1, 0.15) is 0 Å². The van der Waals surface area contributed by atoms with Gasteiger partial charge in [-0.3, -0.25) is 4.40 Å². The number of hydrogen-bond donors (Lipinski definition) is 0. The molecule has 0 radical (unpaired) electrons. The molecule has 25 heavy (non-hydrogen) atoms. The van der Waals surface area contributed by atoms with Gasteiger partial charge in [-0.05, 0) is 30.3 Å². The number of halogens is 2. The molecule has 0 bridgehead atoms. The van der Waals surface area contributed by atoms with Crippen molar-refractivity contribution in [2.75, 3.05) is 0 Å². The van der Waals surface area contributed by atoms with E-state index in [-0.39, 0.29) is 0 Å². The van der Waals surface area contributed by atoms with E-state index in [4.69, 9.17) is 9.97 Å². The van der Waals surface area contributed by atoms with Crippen molar-refractivity contribution < 1.29 is 0 Å². The minimum atomic E-state index is 0.875. The number of hydrogen-bond acceptors (Lipinski definition) is 2. The standard InChI is InChI=1S/C20H11Br2N3/c21-13-9-12(10-14(22)11-13)18-15-5-1-2-6-16(15)19-20(24-18)25-8-4-3-7-17(25)23-19/h1-11H. The Labute approximate surface area is 160 Å². The fourth-order valence-electron chi connectivity index (χ4n) is 3.24. The van der Waals surface area contributed by atoms with Crippen molar-refractivity contribution in [1.29, 1.82) is 0 Å². The van der Waals surface area contributed by atoms with Gasteiger partial charge in [0.15, 0.2) is 5.65 Å². The van der Waals surface area contributed by atoms with Crippen molar-refractivity contribution >= 4 is 59.4 Å². The zero-order chi connectivity index (χ0) is 17.0. The molecule has 0 fully saturated rings. The summed E-state index contributed by atoms with van der Waals surface area (Å²) in [6.45, 7) is 0. The normalized spacial score (nSPS) is 11.6. The third kappa shape index (κ3) is 2.38. The smallest absolute Gasteiger partial charge is 0.165 e. The van der Waals surface area contributed by atoms with E-state index in [1.54, 1.807) is 0 Å². The molecule has 0 saturated heterocycles. The predicted octanol–water partition coefficient (Wildman–Crippen LogP) is 6.23. The SMILES string of the molecule is Brc1cc(Br)cc(-c2nc3c(nc4ccccn43)c3ccccc23)c1. The molecule has 0 amide bonds. The topological polar surface area (TPSA) is 30.2 Å². The second-order valence-electron chi connectivity index (χ2n) is 5.88. The minimum absolute atomic E-state index is 0.875. The second kappa shape index (κ2) is 5.64. The van der Waals surface area contributed by atoms with Crippen LogP contribution in [-0.4, -0.2) is 14.4 Å². The zero-order valence-electron chi connectivity index (χ0n) is 12.9. The number of benzene rings is 2. The Bertz CT molecular complexity index is 1250. The lowest BCUT2D eigenvalue weighted by molar-refractivity contribution is 1.19. The highest BCUT2D eigenvalue weighted by Crippen LogP contribution is 2.34. The van der Waals surface area contributed by atoms with Gasteiger partial charge in [0.1, 0.15) is 11.2 Å². The first-order valence-electron chi connectivity index (χ1n) is 7.83. The molecular weight excluding hydrogens is 442 g/mol. The summed E-state index contributed by atoms with van der Waals surface area (Å²) in [5, 5.41) is 2.21. The van der Waals surface area contributed by atoms with Crippen LogP contribution in [0.25, 0.3) is 38.8 Å². The molecule has 3 heterocycles. The first-order valence-corrected chi connectivity index (χ1v) is 9.41. The third-order valence-corrected chi connectivity index (χ3v) is 5.21. The summed E-state index contributed by atoms with van der Waals surface area (Å²) in [5.74, 6) is 0. The fraction of sp³-hybridized carbons (Fsp3) is 0. The summed E-state index contributed by atoms with van der Waals surface area (Å²) in [5.41, 5.74) is 4.73. The summed E-state index contributed by atoms with van der Waals surface area (Å²) in [7, 11) is 0. The molecule has 0 aliphatic carbocycles. The van der Waals surface area contributed by atoms with Crippen molar-refractivity contribution in [2.45, 2.75) is 0 Å².